The van der Waals surface area contributed by atoms with Gasteiger partial charge in [0.2, 0.25) is 5.91 Å². The number of amides is 2. The van der Waals surface area contributed by atoms with Crippen molar-refractivity contribution >= 4 is 11.8 Å². The van der Waals surface area contributed by atoms with Gasteiger partial charge in [0.15, 0.2) is 5.69 Å². The van der Waals surface area contributed by atoms with Gasteiger partial charge in [-0.25, -0.2) is 4.68 Å². The average molecular weight is 342 g/mol. The topological polar surface area (TPSA) is 97.4 Å². The van der Waals surface area contributed by atoms with Gasteiger partial charge in [0.1, 0.15) is 0 Å². The summed E-state index contributed by atoms with van der Waals surface area (Å²) >= 11 is 0. The lowest BCUT2D eigenvalue weighted by molar-refractivity contribution is -0.119. The van der Waals surface area contributed by atoms with Gasteiger partial charge in [0, 0.05) is 26.2 Å². The largest absolute Gasteiger partial charge is 0.369 e. The van der Waals surface area contributed by atoms with Crippen molar-refractivity contribution in [3.05, 3.63) is 47.8 Å². The van der Waals surface area contributed by atoms with Gasteiger partial charge in [-0.15, -0.1) is 5.10 Å². The number of hydrogen-bond acceptors (Lipinski definition) is 5. The first-order chi connectivity index (χ1) is 12.1. The highest BCUT2D eigenvalue weighted by molar-refractivity contribution is 5.92. The summed E-state index contributed by atoms with van der Waals surface area (Å²) in [6.07, 6.45) is 2.48. The molecule has 1 fully saturated rings. The second-order valence-electron chi connectivity index (χ2n) is 6.18. The van der Waals surface area contributed by atoms with Crippen LogP contribution in [0.4, 0.5) is 0 Å². The van der Waals surface area contributed by atoms with Crippen LogP contribution < -0.4 is 5.73 Å². The van der Waals surface area contributed by atoms with E-state index in [1.807, 2.05) is 35.2 Å². The molecule has 0 radical (unpaired) electrons. The molecule has 2 amide bonds. The van der Waals surface area contributed by atoms with Gasteiger partial charge in [-0.2, -0.15) is 0 Å². The summed E-state index contributed by atoms with van der Waals surface area (Å²) in [6.45, 7) is 3.39. The second kappa shape index (κ2) is 7.89. The highest BCUT2D eigenvalue weighted by Crippen LogP contribution is 2.08. The average Bonchev–Trinajstić information content (AvgIpc) is 2.93. The number of aromatic nitrogens is 3. The van der Waals surface area contributed by atoms with Crippen LogP contribution in [0.15, 0.2) is 36.5 Å². The Bertz CT molecular complexity index is 730. The monoisotopic (exact) mass is 342 g/mol. The third kappa shape index (κ3) is 4.63. The Hall–Kier alpha value is -2.74. The number of carbonyl (C=O) groups excluding carboxylic acids is 2. The highest BCUT2D eigenvalue weighted by Gasteiger charge is 2.23. The normalized spacial score (nSPS) is 15.8. The summed E-state index contributed by atoms with van der Waals surface area (Å²) in [6, 6.07) is 9.90. The van der Waals surface area contributed by atoms with Crippen LogP contribution in [0.1, 0.15) is 22.5 Å². The lowest BCUT2D eigenvalue weighted by atomic mass is 10.2. The van der Waals surface area contributed by atoms with E-state index in [-0.39, 0.29) is 18.4 Å². The Morgan fingerprint density at radius 1 is 1.08 bits per heavy atom. The molecule has 2 aromatic rings. The molecule has 2 heterocycles. The molecule has 1 aromatic heterocycles. The predicted octanol–water partition coefficient (Wildman–Crippen LogP) is -0.0404. The summed E-state index contributed by atoms with van der Waals surface area (Å²) in [5, 5.41) is 8.07. The van der Waals surface area contributed by atoms with Gasteiger partial charge in [0.25, 0.3) is 5.91 Å². The molecule has 1 aromatic carbocycles. The molecule has 0 atom stereocenters. The molecule has 8 nitrogen and oxygen atoms in total. The van der Waals surface area contributed by atoms with Gasteiger partial charge < -0.3 is 10.6 Å². The molecular formula is C17H22N6O2. The van der Waals surface area contributed by atoms with E-state index in [0.29, 0.717) is 31.9 Å². The summed E-state index contributed by atoms with van der Waals surface area (Å²) in [4.78, 5) is 27.4. The van der Waals surface area contributed by atoms with Crippen LogP contribution in [0, 0.1) is 0 Å². The first kappa shape index (κ1) is 17.1. The molecule has 132 valence electrons. The first-order valence-electron chi connectivity index (χ1n) is 8.36. The number of rotatable bonds is 5. The summed E-state index contributed by atoms with van der Waals surface area (Å²) in [5.41, 5.74) is 6.69. The minimum Gasteiger partial charge on any atom is -0.369 e. The maximum atomic E-state index is 12.6. The van der Waals surface area contributed by atoms with E-state index in [0.717, 1.165) is 18.5 Å². The Morgan fingerprint density at radius 2 is 1.88 bits per heavy atom. The number of nitrogens with two attached hydrogens (primary N) is 1. The van der Waals surface area contributed by atoms with Crippen molar-refractivity contribution in [3.63, 3.8) is 0 Å². The van der Waals surface area contributed by atoms with Crippen molar-refractivity contribution in [2.24, 2.45) is 5.73 Å². The van der Waals surface area contributed by atoms with Gasteiger partial charge >= 0.3 is 0 Å². The molecular weight excluding hydrogens is 320 g/mol. The summed E-state index contributed by atoms with van der Waals surface area (Å²) in [5.74, 6) is -0.469. The van der Waals surface area contributed by atoms with E-state index >= 15 is 0 Å². The molecule has 25 heavy (non-hydrogen) atoms. The molecule has 0 saturated carbocycles. The van der Waals surface area contributed by atoms with Crippen molar-refractivity contribution in [3.8, 4) is 0 Å². The van der Waals surface area contributed by atoms with Crippen molar-refractivity contribution in [2.75, 3.05) is 32.7 Å². The Kier molecular flexibility index (Phi) is 5.39. The smallest absolute Gasteiger partial charge is 0.276 e. The fourth-order valence-corrected chi connectivity index (χ4v) is 2.96. The number of benzene rings is 1. The zero-order chi connectivity index (χ0) is 17.6. The zero-order valence-corrected chi connectivity index (χ0v) is 14.0. The molecule has 0 bridgehead atoms. The van der Waals surface area contributed by atoms with Crippen molar-refractivity contribution in [1.29, 1.82) is 0 Å². The Balaban J connectivity index is 1.60. The van der Waals surface area contributed by atoms with Gasteiger partial charge in [-0.05, 0) is 12.0 Å². The second-order valence-corrected chi connectivity index (χ2v) is 6.18. The molecule has 0 unspecified atom stereocenters. The third-order valence-electron chi connectivity index (χ3n) is 4.20. The molecule has 8 heteroatoms. The van der Waals surface area contributed by atoms with E-state index in [4.69, 9.17) is 5.73 Å². The highest BCUT2D eigenvalue weighted by atomic mass is 16.2. The van der Waals surface area contributed by atoms with E-state index in [1.165, 1.54) is 0 Å². The third-order valence-corrected chi connectivity index (χ3v) is 4.20. The van der Waals surface area contributed by atoms with Crippen LogP contribution in [0.5, 0.6) is 0 Å². The molecule has 1 saturated heterocycles. The van der Waals surface area contributed by atoms with E-state index < -0.39 is 0 Å². The predicted molar refractivity (Wildman–Crippen MR) is 91.7 cm³/mol. The van der Waals surface area contributed by atoms with Gasteiger partial charge in [-0.1, -0.05) is 35.5 Å². The molecule has 0 aliphatic carbocycles. The van der Waals surface area contributed by atoms with Gasteiger partial charge in [-0.3, -0.25) is 14.5 Å². The molecule has 1 aliphatic rings. The van der Waals surface area contributed by atoms with Crippen molar-refractivity contribution < 1.29 is 9.59 Å². The minimum absolute atomic E-state index is 0.125. The minimum atomic E-state index is -0.344. The standard InChI is InChI=1S/C17H22N6O2/c18-16(24)13-21-7-4-8-22(10-9-21)17(25)15-12-23(20-19-15)11-14-5-2-1-3-6-14/h1-3,5-6,12H,4,7-11,13H2,(H2,18,24). The van der Waals surface area contributed by atoms with E-state index in [1.54, 1.807) is 15.8 Å². The Labute approximate surface area is 146 Å². The zero-order valence-electron chi connectivity index (χ0n) is 14.0. The Morgan fingerprint density at radius 3 is 2.64 bits per heavy atom. The lowest BCUT2D eigenvalue weighted by Crippen LogP contribution is -2.38. The van der Waals surface area contributed by atoms with Crippen LogP contribution in [0.3, 0.4) is 0 Å². The van der Waals surface area contributed by atoms with Crippen molar-refractivity contribution in [1.82, 2.24) is 24.8 Å². The van der Waals surface area contributed by atoms with Gasteiger partial charge in [0.05, 0.1) is 19.3 Å². The molecule has 1 aliphatic heterocycles. The molecule has 3 rings (SSSR count). The van der Waals surface area contributed by atoms with Crippen LogP contribution in [0.25, 0.3) is 0 Å². The molecule has 0 spiro atoms. The van der Waals surface area contributed by atoms with Crippen LogP contribution >= 0.6 is 0 Å². The van der Waals surface area contributed by atoms with Crippen LogP contribution in [-0.4, -0.2) is 69.3 Å². The van der Waals surface area contributed by atoms with E-state index in [9.17, 15) is 9.59 Å². The number of carbonyl (C=O) groups is 2. The maximum Gasteiger partial charge on any atom is 0.276 e. The summed E-state index contributed by atoms with van der Waals surface area (Å²) in [7, 11) is 0. The fraction of sp³-hybridized carbons (Fsp3) is 0.412. The lowest BCUT2D eigenvalue weighted by Gasteiger charge is -2.20. The summed E-state index contributed by atoms with van der Waals surface area (Å²) < 4.78 is 1.67. The number of hydrogen-bond donors (Lipinski definition) is 1. The quantitative estimate of drug-likeness (QED) is 0.822. The van der Waals surface area contributed by atoms with Crippen molar-refractivity contribution in [2.45, 2.75) is 13.0 Å². The fourth-order valence-electron chi connectivity index (χ4n) is 2.96. The number of primary amides is 1. The van der Waals surface area contributed by atoms with Crippen LogP contribution in [0.2, 0.25) is 0 Å². The number of nitrogens with zero attached hydrogens (tertiary/aromatic N) is 5. The van der Waals surface area contributed by atoms with E-state index in [2.05, 4.69) is 10.3 Å². The maximum absolute atomic E-state index is 12.6. The molecule has 2 N–H and O–H groups in total. The first-order valence-corrected chi connectivity index (χ1v) is 8.36. The SMILES string of the molecule is NC(=O)CN1CCCN(C(=O)c2cn(Cc3ccccc3)nn2)CC1. The van der Waals surface area contributed by atoms with Crippen LogP contribution in [-0.2, 0) is 11.3 Å².